The standard InChI is InChI=1S/C4H7ClO/c1-6-4-2-3-5/h2-3H,4H2,1H3/b3-2+. The Labute approximate surface area is 42.6 Å². The van der Waals surface area contributed by atoms with Crippen molar-refractivity contribution in [3.8, 4) is 0 Å². The summed E-state index contributed by atoms with van der Waals surface area (Å²) in [5, 5.41) is 0. The molecular formula is C4H7ClO. The van der Waals surface area contributed by atoms with E-state index in [1.165, 1.54) is 5.54 Å². The van der Waals surface area contributed by atoms with Gasteiger partial charge in [-0.3, -0.25) is 0 Å². The van der Waals surface area contributed by atoms with Crippen LogP contribution >= 0.6 is 11.6 Å². The van der Waals surface area contributed by atoms with Crippen LogP contribution in [0.3, 0.4) is 0 Å². The summed E-state index contributed by atoms with van der Waals surface area (Å²) in [6, 6.07) is 0. The first kappa shape index (κ1) is 5.99. The summed E-state index contributed by atoms with van der Waals surface area (Å²) in [6.07, 6.45) is 1.72. The third-order valence-electron chi connectivity index (χ3n) is 0.352. The van der Waals surface area contributed by atoms with E-state index in [9.17, 15) is 0 Å². The van der Waals surface area contributed by atoms with Crippen LogP contribution in [0.5, 0.6) is 0 Å². The molecule has 0 bridgehead atoms. The zero-order chi connectivity index (χ0) is 4.83. The molecular weight excluding hydrogens is 99.5 g/mol. The highest BCUT2D eigenvalue weighted by Gasteiger charge is 1.63. The van der Waals surface area contributed by atoms with Crippen molar-refractivity contribution < 1.29 is 4.74 Å². The molecule has 1 nitrogen and oxygen atoms in total. The van der Waals surface area contributed by atoms with Crippen molar-refractivity contribution >= 4 is 11.6 Å². The minimum absolute atomic E-state index is 0.601. The Kier molecular flexibility index (Phi) is 4.98. The number of rotatable bonds is 2. The van der Waals surface area contributed by atoms with E-state index in [1.54, 1.807) is 13.2 Å². The number of ether oxygens (including phenoxy) is 1. The lowest BCUT2D eigenvalue weighted by atomic mass is 10.7. The molecule has 0 saturated carbocycles. The van der Waals surface area contributed by atoms with Crippen LogP contribution in [0.2, 0.25) is 0 Å². The number of halogens is 1. The maximum Gasteiger partial charge on any atom is 0.0655 e. The molecule has 0 aliphatic rings. The van der Waals surface area contributed by atoms with Gasteiger partial charge >= 0.3 is 0 Å². The number of hydrogen-bond donors (Lipinski definition) is 0. The maximum atomic E-state index is 5.12. The number of hydrogen-bond acceptors (Lipinski definition) is 1. The molecule has 0 fully saturated rings. The third kappa shape index (κ3) is 3.99. The Balaban J connectivity index is 2.66. The van der Waals surface area contributed by atoms with E-state index in [0.717, 1.165) is 0 Å². The van der Waals surface area contributed by atoms with E-state index in [1.807, 2.05) is 0 Å². The van der Waals surface area contributed by atoms with Crippen molar-refractivity contribution in [2.75, 3.05) is 13.7 Å². The van der Waals surface area contributed by atoms with Gasteiger partial charge < -0.3 is 4.74 Å². The van der Waals surface area contributed by atoms with E-state index in [4.69, 9.17) is 11.6 Å². The summed E-state index contributed by atoms with van der Waals surface area (Å²) in [5.41, 5.74) is 1.43. The van der Waals surface area contributed by atoms with Crippen LogP contribution in [-0.4, -0.2) is 13.7 Å². The quantitative estimate of drug-likeness (QED) is 0.517. The largest absolute Gasteiger partial charge is 0.381 e. The molecule has 0 N–H and O–H groups in total. The molecule has 0 aromatic heterocycles. The van der Waals surface area contributed by atoms with Crippen LogP contribution in [0.1, 0.15) is 0 Å². The topological polar surface area (TPSA) is 9.23 Å². The van der Waals surface area contributed by atoms with Crippen molar-refractivity contribution in [3.05, 3.63) is 11.6 Å². The summed E-state index contributed by atoms with van der Waals surface area (Å²) in [5.74, 6) is 0. The van der Waals surface area contributed by atoms with E-state index < -0.39 is 0 Å². The molecule has 0 spiro atoms. The zero-order valence-corrected chi connectivity index (χ0v) is 4.40. The highest BCUT2D eigenvalue weighted by atomic mass is 35.5. The van der Waals surface area contributed by atoms with Gasteiger partial charge in [-0.25, -0.2) is 0 Å². The van der Waals surface area contributed by atoms with Gasteiger partial charge in [-0.05, 0) is 6.08 Å². The first-order valence-corrected chi connectivity index (χ1v) is 2.09. The molecule has 2 heteroatoms. The molecule has 0 heterocycles. The lowest BCUT2D eigenvalue weighted by Crippen LogP contribution is -1.77. The Morgan fingerprint density at radius 3 is 2.67 bits per heavy atom. The summed E-state index contributed by atoms with van der Waals surface area (Å²) in [4.78, 5) is 0. The normalized spacial score (nSPS) is 10.3. The highest BCUT2D eigenvalue weighted by molar-refractivity contribution is 6.25. The molecule has 0 aliphatic carbocycles. The second-order valence-electron chi connectivity index (χ2n) is 0.817. The van der Waals surface area contributed by atoms with Crippen molar-refractivity contribution in [1.82, 2.24) is 0 Å². The maximum absolute atomic E-state index is 5.12. The van der Waals surface area contributed by atoms with Crippen LogP contribution in [0.4, 0.5) is 0 Å². The molecule has 36 valence electrons. The molecule has 6 heavy (non-hydrogen) atoms. The lowest BCUT2D eigenvalue weighted by Gasteiger charge is -1.81. The van der Waals surface area contributed by atoms with E-state index in [-0.39, 0.29) is 0 Å². The monoisotopic (exact) mass is 106 g/mol. The average Bonchev–Trinajstić information content (AvgIpc) is 1.61. The lowest BCUT2D eigenvalue weighted by molar-refractivity contribution is 0.234. The zero-order valence-electron chi connectivity index (χ0n) is 3.65. The SMILES string of the molecule is COC/C=C/Cl. The fraction of sp³-hybridized carbons (Fsp3) is 0.500. The molecule has 0 aromatic rings. The minimum Gasteiger partial charge on any atom is -0.381 e. The van der Waals surface area contributed by atoms with Gasteiger partial charge in [-0.1, -0.05) is 11.6 Å². The fourth-order valence-corrected chi connectivity index (χ4v) is 0.205. The molecule has 0 radical (unpaired) electrons. The van der Waals surface area contributed by atoms with Crippen molar-refractivity contribution in [2.24, 2.45) is 0 Å². The van der Waals surface area contributed by atoms with Crippen LogP contribution < -0.4 is 0 Å². The van der Waals surface area contributed by atoms with Gasteiger partial charge in [-0.15, -0.1) is 0 Å². The minimum atomic E-state index is 0.601. The van der Waals surface area contributed by atoms with Gasteiger partial charge in [0.05, 0.1) is 6.61 Å². The Morgan fingerprint density at radius 1 is 1.83 bits per heavy atom. The summed E-state index contributed by atoms with van der Waals surface area (Å²) in [6.45, 7) is 0.601. The fourth-order valence-electron chi connectivity index (χ4n) is 0.133. The molecule has 0 aliphatic heterocycles. The van der Waals surface area contributed by atoms with Crippen LogP contribution in [0.15, 0.2) is 11.6 Å². The van der Waals surface area contributed by atoms with Crippen molar-refractivity contribution in [3.63, 3.8) is 0 Å². The van der Waals surface area contributed by atoms with E-state index in [0.29, 0.717) is 6.61 Å². The van der Waals surface area contributed by atoms with E-state index in [2.05, 4.69) is 4.74 Å². The molecule has 0 aromatic carbocycles. The second-order valence-corrected chi connectivity index (χ2v) is 1.07. The Bertz CT molecular complexity index is 42.8. The van der Waals surface area contributed by atoms with Crippen LogP contribution in [-0.2, 0) is 4.74 Å². The Hall–Kier alpha value is -0.0100. The molecule has 0 rings (SSSR count). The molecule has 0 amide bonds. The third-order valence-corrected chi connectivity index (χ3v) is 0.530. The molecule has 0 unspecified atom stereocenters. The average molecular weight is 107 g/mol. The second kappa shape index (κ2) is 4.99. The smallest absolute Gasteiger partial charge is 0.0655 e. The number of methoxy groups -OCH3 is 1. The van der Waals surface area contributed by atoms with Gasteiger partial charge in [-0.2, -0.15) is 0 Å². The summed E-state index contributed by atoms with van der Waals surface area (Å²) < 4.78 is 4.61. The predicted octanol–water partition coefficient (Wildman–Crippen LogP) is 1.39. The first-order valence-electron chi connectivity index (χ1n) is 1.66. The predicted molar refractivity (Wildman–Crippen MR) is 26.9 cm³/mol. The van der Waals surface area contributed by atoms with Gasteiger partial charge in [0.2, 0.25) is 0 Å². The van der Waals surface area contributed by atoms with Crippen LogP contribution in [0.25, 0.3) is 0 Å². The first-order chi connectivity index (χ1) is 2.91. The van der Waals surface area contributed by atoms with Gasteiger partial charge in [0.1, 0.15) is 0 Å². The summed E-state index contributed by atoms with van der Waals surface area (Å²) >= 11 is 5.12. The van der Waals surface area contributed by atoms with Gasteiger partial charge in [0.25, 0.3) is 0 Å². The van der Waals surface area contributed by atoms with Crippen molar-refractivity contribution in [2.45, 2.75) is 0 Å². The van der Waals surface area contributed by atoms with Crippen LogP contribution in [0, 0.1) is 0 Å². The highest BCUT2D eigenvalue weighted by Crippen LogP contribution is 1.76. The van der Waals surface area contributed by atoms with Crippen molar-refractivity contribution in [1.29, 1.82) is 0 Å². The molecule has 0 saturated heterocycles. The molecule has 0 atom stereocenters. The van der Waals surface area contributed by atoms with Gasteiger partial charge in [0.15, 0.2) is 0 Å². The summed E-state index contributed by atoms with van der Waals surface area (Å²) in [7, 11) is 1.62. The Morgan fingerprint density at radius 2 is 2.50 bits per heavy atom. The van der Waals surface area contributed by atoms with Gasteiger partial charge in [0, 0.05) is 12.6 Å². The van der Waals surface area contributed by atoms with E-state index >= 15 is 0 Å².